The van der Waals surface area contributed by atoms with Crippen LogP contribution in [0.4, 0.5) is 0 Å². The van der Waals surface area contributed by atoms with Crippen LogP contribution in [0.2, 0.25) is 0 Å². The maximum Gasteiger partial charge on any atom is 0.0298 e. The third-order valence-corrected chi connectivity index (χ3v) is 2.66. The van der Waals surface area contributed by atoms with Gasteiger partial charge in [-0.25, -0.2) is 0 Å². The number of nitrogens with two attached hydrogens (primary N) is 1. The van der Waals surface area contributed by atoms with Crippen LogP contribution >= 0.6 is 0 Å². The van der Waals surface area contributed by atoms with Crippen molar-refractivity contribution >= 4 is 10.8 Å². The van der Waals surface area contributed by atoms with Gasteiger partial charge in [0, 0.05) is 6.04 Å². The van der Waals surface area contributed by atoms with E-state index in [1.54, 1.807) is 0 Å². The van der Waals surface area contributed by atoms with Gasteiger partial charge in [-0.15, -0.1) is 0 Å². The molecule has 0 aliphatic carbocycles. The van der Waals surface area contributed by atoms with E-state index in [0.29, 0.717) is 0 Å². The number of hydrogen-bond donors (Lipinski definition) is 1. The third kappa shape index (κ3) is 1.51. The molecule has 1 heteroatoms. The van der Waals surface area contributed by atoms with Gasteiger partial charge in [0.25, 0.3) is 0 Å². The van der Waals surface area contributed by atoms with E-state index in [4.69, 9.17) is 5.73 Å². The summed E-state index contributed by atoms with van der Waals surface area (Å²) < 4.78 is 0. The highest BCUT2D eigenvalue weighted by Crippen LogP contribution is 2.24. The molecular weight excluding hydrogens is 170 g/mol. The summed E-state index contributed by atoms with van der Waals surface area (Å²) in [6.45, 7) is 2.12. The molecule has 0 unspecified atom stereocenters. The first-order valence-corrected chi connectivity index (χ1v) is 5.06. The van der Waals surface area contributed by atoms with E-state index in [1.165, 1.54) is 16.3 Å². The van der Waals surface area contributed by atoms with Gasteiger partial charge in [-0.3, -0.25) is 0 Å². The highest BCUT2D eigenvalue weighted by atomic mass is 14.6. The van der Waals surface area contributed by atoms with Crippen LogP contribution < -0.4 is 5.73 Å². The fraction of sp³-hybridized carbons (Fsp3) is 0.231. The maximum absolute atomic E-state index is 6.06. The summed E-state index contributed by atoms with van der Waals surface area (Å²) in [5, 5.41) is 2.55. The summed E-state index contributed by atoms with van der Waals surface area (Å²) in [5.74, 6) is 0. The van der Waals surface area contributed by atoms with Crippen LogP contribution in [0.5, 0.6) is 0 Å². The summed E-state index contributed by atoms with van der Waals surface area (Å²) in [6.07, 6.45) is 0.980. The van der Waals surface area contributed by atoms with E-state index in [2.05, 4.69) is 49.4 Å². The smallest absolute Gasteiger partial charge is 0.0298 e. The van der Waals surface area contributed by atoms with Crippen molar-refractivity contribution in [2.45, 2.75) is 19.4 Å². The minimum absolute atomic E-state index is 0.154. The molecule has 2 N–H and O–H groups in total. The average molecular weight is 185 g/mol. The van der Waals surface area contributed by atoms with E-state index in [1.807, 2.05) is 0 Å². The Kier molecular flexibility index (Phi) is 2.51. The molecule has 0 aliphatic heterocycles. The van der Waals surface area contributed by atoms with Gasteiger partial charge in [0.05, 0.1) is 0 Å². The van der Waals surface area contributed by atoms with Gasteiger partial charge >= 0.3 is 0 Å². The Morgan fingerprint density at radius 3 is 2.57 bits per heavy atom. The van der Waals surface area contributed by atoms with Gasteiger partial charge in [-0.05, 0) is 22.8 Å². The predicted octanol–water partition coefficient (Wildman–Crippen LogP) is 3.25. The van der Waals surface area contributed by atoms with Crippen LogP contribution in [-0.2, 0) is 0 Å². The molecule has 0 amide bonds. The number of fused-ring (bicyclic) bond motifs is 1. The summed E-state index contributed by atoms with van der Waals surface area (Å²) in [5.41, 5.74) is 7.32. The molecule has 1 atom stereocenters. The highest BCUT2D eigenvalue weighted by molar-refractivity contribution is 5.86. The molecule has 0 spiro atoms. The van der Waals surface area contributed by atoms with Crippen molar-refractivity contribution in [1.29, 1.82) is 0 Å². The fourth-order valence-electron chi connectivity index (χ4n) is 1.79. The molecule has 0 radical (unpaired) electrons. The molecule has 0 fully saturated rings. The first-order valence-electron chi connectivity index (χ1n) is 5.06. The monoisotopic (exact) mass is 185 g/mol. The maximum atomic E-state index is 6.06. The van der Waals surface area contributed by atoms with Gasteiger partial charge in [0.1, 0.15) is 0 Å². The van der Waals surface area contributed by atoms with Crippen LogP contribution in [0.15, 0.2) is 42.5 Å². The van der Waals surface area contributed by atoms with Gasteiger partial charge in [-0.2, -0.15) is 0 Å². The zero-order valence-corrected chi connectivity index (χ0v) is 8.40. The first-order chi connectivity index (χ1) is 6.83. The van der Waals surface area contributed by atoms with Crippen LogP contribution in [0.1, 0.15) is 24.9 Å². The number of benzene rings is 2. The molecule has 1 nitrogen and oxygen atoms in total. The molecule has 2 rings (SSSR count). The van der Waals surface area contributed by atoms with Gasteiger partial charge in [0.15, 0.2) is 0 Å². The van der Waals surface area contributed by atoms with Crippen LogP contribution in [0, 0.1) is 0 Å². The first kappa shape index (κ1) is 9.22. The van der Waals surface area contributed by atoms with E-state index >= 15 is 0 Å². The van der Waals surface area contributed by atoms with Crippen LogP contribution in [0.3, 0.4) is 0 Å². The summed E-state index contributed by atoms with van der Waals surface area (Å²) >= 11 is 0. The molecule has 0 saturated carbocycles. The van der Waals surface area contributed by atoms with Crippen LogP contribution in [-0.4, -0.2) is 0 Å². The second kappa shape index (κ2) is 3.81. The van der Waals surface area contributed by atoms with Crippen molar-refractivity contribution in [3.05, 3.63) is 48.0 Å². The summed E-state index contributed by atoms with van der Waals surface area (Å²) in [7, 11) is 0. The lowest BCUT2D eigenvalue weighted by molar-refractivity contribution is 0.704. The molecule has 72 valence electrons. The summed E-state index contributed by atoms with van der Waals surface area (Å²) in [4.78, 5) is 0. The SMILES string of the molecule is CC[C@H](N)c1cccc2ccccc12. The quantitative estimate of drug-likeness (QED) is 0.763. The largest absolute Gasteiger partial charge is 0.324 e. The molecule has 2 aromatic rings. The van der Waals surface area contributed by atoms with Gasteiger partial charge in [-0.1, -0.05) is 49.4 Å². The van der Waals surface area contributed by atoms with Crippen LogP contribution in [0.25, 0.3) is 10.8 Å². The zero-order chi connectivity index (χ0) is 9.97. The minimum Gasteiger partial charge on any atom is -0.324 e. The topological polar surface area (TPSA) is 26.0 Å². The Bertz CT molecular complexity index is 429. The molecule has 0 bridgehead atoms. The zero-order valence-electron chi connectivity index (χ0n) is 8.40. The average Bonchev–Trinajstić information content (AvgIpc) is 2.27. The third-order valence-electron chi connectivity index (χ3n) is 2.66. The van der Waals surface area contributed by atoms with E-state index in [-0.39, 0.29) is 6.04 Å². The fourth-order valence-corrected chi connectivity index (χ4v) is 1.79. The second-order valence-electron chi connectivity index (χ2n) is 3.58. The molecule has 0 aliphatic rings. The Balaban J connectivity index is 2.65. The Morgan fingerprint density at radius 1 is 1.07 bits per heavy atom. The van der Waals surface area contributed by atoms with E-state index in [0.717, 1.165) is 6.42 Å². The molecule has 14 heavy (non-hydrogen) atoms. The lowest BCUT2D eigenvalue weighted by atomic mass is 9.98. The molecule has 2 aromatic carbocycles. The van der Waals surface area contributed by atoms with E-state index in [9.17, 15) is 0 Å². The van der Waals surface area contributed by atoms with Gasteiger partial charge in [0.2, 0.25) is 0 Å². The van der Waals surface area contributed by atoms with Crippen molar-refractivity contribution in [3.63, 3.8) is 0 Å². The minimum atomic E-state index is 0.154. The Hall–Kier alpha value is -1.34. The second-order valence-corrected chi connectivity index (χ2v) is 3.58. The molecular formula is C13H15N. The van der Waals surface area contributed by atoms with Crippen molar-refractivity contribution in [1.82, 2.24) is 0 Å². The predicted molar refractivity (Wildman–Crippen MR) is 61.2 cm³/mol. The van der Waals surface area contributed by atoms with Crippen molar-refractivity contribution in [3.8, 4) is 0 Å². The number of hydrogen-bond acceptors (Lipinski definition) is 1. The normalized spacial score (nSPS) is 13.0. The molecule has 0 saturated heterocycles. The lowest BCUT2D eigenvalue weighted by Gasteiger charge is -2.12. The highest BCUT2D eigenvalue weighted by Gasteiger charge is 2.06. The molecule has 0 aromatic heterocycles. The van der Waals surface area contributed by atoms with E-state index < -0.39 is 0 Å². The van der Waals surface area contributed by atoms with Gasteiger partial charge < -0.3 is 5.73 Å². The molecule has 0 heterocycles. The standard InChI is InChI=1S/C13H15N/c1-2-13(14)12-9-5-7-10-6-3-4-8-11(10)12/h3-9,13H,2,14H2,1H3/t13-/m0/s1. The van der Waals surface area contributed by atoms with Crippen molar-refractivity contribution in [2.75, 3.05) is 0 Å². The Labute approximate surface area is 84.5 Å². The van der Waals surface area contributed by atoms with Crippen molar-refractivity contribution in [2.24, 2.45) is 5.73 Å². The van der Waals surface area contributed by atoms with Crippen molar-refractivity contribution < 1.29 is 0 Å². The lowest BCUT2D eigenvalue weighted by Crippen LogP contribution is -2.08. The summed E-state index contributed by atoms with van der Waals surface area (Å²) in [6, 6.07) is 14.9. The number of rotatable bonds is 2. The Morgan fingerprint density at radius 2 is 1.79 bits per heavy atom.